The summed E-state index contributed by atoms with van der Waals surface area (Å²) in [7, 11) is 0. The number of unbranched alkanes of at least 4 members (excludes halogenated alkanes) is 4. The number of hydrogen-bond donors (Lipinski definition) is 2. The Labute approximate surface area is 253 Å². The summed E-state index contributed by atoms with van der Waals surface area (Å²) in [5, 5.41) is 7.17. The maximum Gasteiger partial charge on any atom is 0.248 e. The Balaban J connectivity index is 1.64. The van der Waals surface area contributed by atoms with E-state index in [0.717, 1.165) is 29.1 Å². The van der Waals surface area contributed by atoms with Crippen LogP contribution in [0.15, 0.2) is 35.5 Å². The number of rotatable bonds is 11. The molecule has 4 bridgehead atoms. The molecule has 2 aliphatic heterocycles. The van der Waals surface area contributed by atoms with E-state index in [1.807, 2.05) is 45.1 Å². The maximum absolute atomic E-state index is 13.4. The molecule has 1 aromatic heterocycles. The zero-order valence-electron chi connectivity index (χ0n) is 24.9. The number of nitrogens with one attached hydrogen (secondary N) is 2. The smallest absolute Gasteiger partial charge is 0.248 e. The van der Waals surface area contributed by atoms with Crippen LogP contribution in [0.4, 0.5) is 0 Å². The van der Waals surface area contributed by atoms with Crippen molar-refractivity contribution in [3.8, 4) is 0 Å². The number of aliphatic imine (C=N–C) groups is 1. The van der Waals surface area contributed by atoms with Gasteiger partial charge in [-0.15, -0.1) is 11.8 Å². The molecule has 0 saturated carbocycles. The Kier molecular flexibility index (Phi) is 13.9. The highest BCUT2D eigenvalue weighted by Gasteiger charge is 2.40. The number of fused-ring (bicyclic) bond motifs is 4. The molecule has 3 heterocycles. The predicted molar refractivity (Wildman–Crippen MR) is 169 cm³/mol. The summed E-state index contributed by atoms with van der Waals surface area (Å²) >= 11 is 2.94. The first-order valence-corrected chi connectivity index (χ1v) is 16.9. The van der Waals surface area contributed by atoms with Gasteiger partial charge < -0.3 is 15.4 Å². The molecule has 10 heteroatoms. The number of aromatic nitrogens is 1. The van der Waals surface area contributed by atoms with Crippen molar-refractivity contribution in [3.63, 3.8) is 0 Å². The van der Waals surface area contributed by atoms with Gasteiger partial charge in [-0.05, 0) is 37.8 Å². The highest BCUT2D eigenvalue weighted by molar-refractivity contribution is 8.14. The molecule has 0 saturated heterocycles. The van der Waals surface area contributed by atoms with Crippen LogP contribution in [0.5, 0.6) is 0 Å². The molecule has 0 aliphatic carbocycles. The highest BCUT2D eigenvalue weighted by atomic mass is 32.2. The van der Waals surface area contributed by atoms with Crippen molar-refractivity contribution in [2.75, 3.05) is 18.1 Å². The molecule has 2 N–H and O–H groups in total. The molecule has 0 aromatic carbocycles. The molecule has 2 amide bonds. The van der Waals surface area contributed by atoms with Crippen LogP contribution in [-0.2, 0) is 25.7 Å². The number of nitrogens with zero attached hydrogens (tertiary/aromatic N) is 2. The fourth-order valence-electron chi connectivity index (χ4n) is 4.48. The lowest BCUT2D eigenvalue weighted by molar-refractivity contribution is -0.127. The van der Waals surface area contributed by atoms with E-state index in [4.69, 9.17) is 9.73 Å². The quantitative estimate of drug-likeness (QED) is 0.256. The standard InChI is InChI=1S/C31H46N4O4S2/c1-5-6-7-8-9-13-28(37)40-16-11-10-12-25-18-27(36)33-19-24-17-23(14-15-32-24)29-35-31(4,21-41-29)30(38)34-26(20-39-25)22(2)3/h10,12,14-15,17,22,25-26H,5-9,11,13,16,18-21H2,1-4H3,(H,33,36)(H,34,38)/b12-10+/t25-,26-,31+/m1/s1. The SMILES string of the molecule is CCCCCCCC(=O)SCC/C=C/[C@@H]1CC(=O)NCc2cc(ccn2)C2=N[C@@](C)(CS2)C(=O)N[C@@H](C(C)C)CO1. The third-order valence-electron chi connectivity index (χ3n) is 7.24. The molecule has 41 heavy (non-hydrogen) atoms. The van der Waals surface area contributed by atoms with Crippen molar-refractivity contribution in [2.45, 2.75) is 103 Å². The van der Waals surface area contributed by atoms with E-state index in [9.17, 15) is 14.4 Å². The summed E-state index contributed by atoms with van der Waals surface area (Å²) < 4.78 is 6.21. The number of pyridine rings is 1. The lowest BCUT2D eigenvalue weighted by Gasteiger charge is -2.28. The fraction of sp³-hybridized carbons (Fsp3) is 0.645. The maximum atomic E-state index is 13.4. The van der Waals surface area contributed by atoms with E-state index < -0.39 is 11.6 Å². The molecule has 0 radical (unpaired) electrons. The van der Waals surface area contributed by atoms with Gasteiger partial charge in [0.2, 0.25) is 11.8 Å². The van der Waals surface area contributed by atoms with Gasteiger partial charge >= 0.3 is 0 Å². The number of hydrogen-bond acceptors (Lipinski definition) is 8. The zero-order chi connectivity index (χ0) is 29.7. The van der Waals surface area contributed by atoms with E-state index in [1.54, 1.807) is 18.0 Å². The minimum absolute atomic E-state index is 0.124. The van der Waals surface area contributed by atoms with Gasteiger partial charge in [0.1, 0.15) is 5.54 Å². The normalized spacial score (nSPS) is 23.9. The number of amides is 2. The van der Waals surface area contributed by atoms with Crippen LogP contribution in [0.1, 0.15) is 90.3 Å². The van der Waals surface area contributed by atoms with E-state index in [2.05, 4.69) is 22.5 Å². The van der Waals surface area contributed by atoms with Crippen LogP contribution in [0.2, 0.25) is 0 Å². The van der Waals surface area contributed by atoms with Crippen molar-refractivity contribution in [3.05, 3.63) is 41.7 Å². The van der Waals surface area contributed by atoms with Crippen LogP contribution in [-0.4, -0.2) is 62.8 Å². The second-order valence-electron chi connectivity index (χ2n) is 11.3. The Morgan fingerprint density at radius 1 is 1.27 bits per heavy atom. The lowest BCUT2D eigenvalue weighted by atomic mass is 10.0. The van der Waals surface area contributed by atoms with Crippen molar-refractivity contribution in [1.29, 1.82) is 0 Å². The Hall–Kier alpha value is -2.17. The van der Waals surface area contributed by atoms with Crippen LogP contribution in [0, 0.1) is 5.92 Å². The molecule has 3 atom stereocenters. The number of thioether (sulfide) groups is 2. The minimum Gasteiger partial charge on any atom is -0.371 e. The summed E-state index contributed by atoms with van der Waals surface area (Å²) in [5.41, 5.74) is 0.755. The average Bonchev–Trinajstić information content (AvgIpc) is 3.36. The van der Waals surface area contributed by atoms with Crippen molar-refractivity contribution in [2.24, 2.45) is 10.9 Å². The summed E-state index contributed by atoms with van der Waals surface area (Å²) in [6.45, 7) is 8.71. The molecule has 0 unspecified atom stereocenters. The molecule has 0 fully saturated rings. The van der Waals surface area contributed by atoms with E-state index in [-0.39, 0.29) is 41.9 Å². The molecular formula is C31H46N4O4S2. The molecule has 0 spiro atoms. The third kappa shape index (κ3) is 11.2. The fourth-order valence-corrected chi connectivity index (χ4v) is 6.43. The first-order valence-electron chi connectivity index (χ1n) is 14.9. The average molecular weight is 603 g/mol. The van der Waals surface area contributed by atoms with Gasteiger partial charge in [0.05, 0.1) is 42.5 Å². The van der Waals surface area contributed by atoms with Gasteiger partial charge in [-0.1, -0.05) is 70.4 Å². The topological polar surface area (TPSA) is 110 Å². The monoisotopic (exact) mass is 602 g/mol. The van der Waals surface area contributed by atoms with Gasteiger partial charge in [0.25, 0.3) is 0 Å². The van der Waals surface area contributed by atoms with Gasteiger partial charge in [-0.2, -0.15) is 0 Å². The number of allylic oxidation sites excluding steroid dienone is 1. The van der Waals surface area contributed by atoms with Crippen LogP contribution >= 0.6 is 23.5 Å². The second kappa shape index (κ2) is 17.1. The molecular weight excluding hydrogens is 556 g/mol. The number of carbonyl (C=O) groups is 3. The molecule has 8 nitrogen and oxygen atoms in total. The predicted octanol–water partition coefficient (Wildman–Crippen LogP) is 5.45. The first-order chi connectivity index (χ1) is 19.7. The van der Waals surface area contributed by atoms with E-state index in [1.165, 1.54) is 31.0 Å². The third-order valence-corrected chi connectivity index (χ3v) is 9.51. The van der Waals surface area contributed by atoms with Crippen LogP contribution in [0.25, 0.3) is 0 Å². The number of carbonyl (C=O) groups excluding carboxylic acids is 3. The summed E-state index contributed by atoms with van der Waals surface area (Å²) in [6, 6.07) is 3.57. The van der Waals surface area contributed by atoms with Crippen molar-refractivity contribution >= 4 is 45.5 Å². The Morgan fingerprint density at radius 3 is 2.85 bits per heavy atom. The lowest BCUT2D eigenvalue weighted by Crippen LogP contribution is -2.51. The summed E-state index contributed by atoms with van der Waals surface area (Å²) in [6.07, 6.45) is 12.4. The van der Waals surface area contributed by atoms with E-state index >= 15 is 0 Å². The van der Waals surface area contributed by atoms with Gasteiger partial charge in [0, 0.05) is 29.7 Å². The zero-order valence-corrected chi connectivity index (χ0v) is 26.6. The molecule has 2 aliphatic rings. The largest absolute Gasteiger partial charge is 0.371 e. The van der Waals surface area contributed by atoms with Crippen molar-refractivity contribution in [1.82, 2.24) is 15.6 Å². The molecule has 1 aromatic rings. The minimum atomic E-state index is -0.869. The molecule has 226 valence electrons. The Morgan fingerprint density at radius 2 is 2.07 bits per heavy atom. The second-order valence-corrected chi connectivity index (χ2v) is 13.4. The summed E-state index contributed by atoms with van der Waals surface area (Å²) in [5.74, 6) is 1.12. The number of ether oxygens (including phenoxy) is 1. The van der Waals surface area contributed by atoms with Gasteiger partial charge in [-0.25, -0.2) is 0 Å². The van der Waals surface area contributed by atoms with E-state index in [0.29, 0.717) is 30.9 Å². The molecule has 3 rings (SSSR count). The van der Waals surface area contributed by atoms with Crippen LogP contribution in [0.3, 0.4) is 0 Å². The first kappa shape index (κ1) is 33.3. The van der Waals surface area contributed by atoms with Gasteiger partial charge in [-0.3, -0.25) is 24.4 Å². The van der Waals surface area contributed by atoms with Crippen LogP contribution < -0.4 is 10.6 Å². The Bertz CT molecular complexity index is 1090. The summed E-state index contributed by atoms with van der Waals surface area (Å²) in [4.78, 5) is 47.6. The highest BCUT2D eigenvalue weighted by Crippen LogP contribution is 2.31. The van der Waals surface area contributed by atoms with Gasteiger partial charge in [0.15, 0.2) is 5.12 Å². The van der Waals surface area contributed by atoms with Crippen molar-refractivity contribution < 1.29 is 19.1 Å².